The zero-order valence-corrected chi connectivity index (χ0v) is 17.5. The molecule has 1 aliphatic carbocycles. The fraction of sp³-hybridized carbons (Fsp3) is 0.440. The van der Waals surface area contributed by atoms with E-state index in [1.54, 1.807) is 0 Å². The van der Waals surface area contributed by atoms with Gasteiger partial charge in [0.1, 0.15) is 0 Å². The highest BCUT2D eigenvalue weighted by atomic mass is 16.1. The van der Waals surface area contributed by atoms with Gasteiger partial charge >= 0.3 is 0 Å². The van der Waals surface area contributed by atoms with E-state index < -0.39 is 0 Å². The van der Waals surface area contributed by atoms with Gasteiger partial charge in [-0.05, 0) is 55.0 Å². The van der Waals surface area contributed by atoms with Crippen molar-refractivity contribution in [3.05, 3.63) is 65.5 Å². The largest absolute Gasteiger partial charge is 0.352 e. The first kappa shape index (κ1) is 19.3. The lowest BCUT2D eigenvalue weighted by Crippen LogP contribution is -2.33. The van der Waals surface area contributed by atoms with Crippen LogP contribution in [0.4, 0.5) is 0 Å². The number of imidazole rings is 1. The molecule has 156 valence electrons. The SMILES string of the molecule is O=C(NCCCN1CCc2ccccc2C1)c1ccc2c(c1)ncn2C1CCCC1. The molecule has 0 bridgehead atoms. The summed E-state index contributed by atoms with van der Waals surface area (Å²) < 4.78 is 2.29. The number of hydrogen-bond donors (Lipinski definition) is 1. The van der Waals surface area contributed by atoms with Crippen molar-refractivity contribution in [3.63, 3.8) is 0 Å². The Morgan fingerprint density at radius 1 is 1.10 bits per heavy atom. The lowest BCUT2D eigenvalue weighted by atomic mass is 10.00. The first-order valence-corrected chi connectivity index (χ1v) is 11.3. The molecule has 1 amide bonds. The first-order chi connectivity index (χ1) is 14.8. The standard InChI is InChI=1S/C25H30N4O/c30-25(26-13-5-14-28-15-12-19-6-1-2-7-21(19)17-28)20-10-11-24-23(16-20)27-18-29(24)22-8-3-4-9-22/h1-2,6-7,10-11,16,18,22H,3-5,8-9,12-15,17H2,(H,26,30). The molecule has 2 aromatic carbocycles. The number of rotatable bonds is 6. The summed E-state index contributed by atoms with van der Waals surface area (Å²) in [5.41, 5.74) is 5.68. The molecule has 1 aliphatic heterocycles. The molecule has 0 atom stereocenters. The fourth-order valence-electron chi connectivity index (χ4n) is 5.00. The highest BCUT2D eigenvalue weighted by Crippen LogP contribution is 2.32. The number of fused-ring (bicyclic) bond motifs is 2. The van der Waals surface area contributed by atoms with Gasteiger partial charge in [-0.2, -0.15) is 0 Å². The maximum Gasteiger partial charge on any atom is 0.251 e. The maximum atomic E-state index is 12.6. The monoisotopic (exact) mass is 402 g/mol. The van der Waals surface area contributed by atoms with Crippen LogP contribution in [0.3, 0.4) is 0 Å². The molecule has 1 saturated carbocycles. The summed E-state index contributed by atoms with van der Waals surface area (Å²) in [6.45, 7) is 3.83. The van der Waals surface area contributed by atoms with E-state index in [1.807, 2.05) is 18.5 Å². The van der Waals surface area contributed by atoms with Gasteiger partial charge in [0.25, 0.3) is 5.91 Å². The highest BCUT2D eigenvalue weighted by molar-refractivity contribution is 5.97. The van der Waals surface area contributed by atoms with Crippen LogP contribution < -0.4 is 5.32 Å². The Balaban J connectivity index is 1.13. The third-order valence-corrected chi connectivity index (χ3v) is 6.70. The summed E-state index contributed by atoms with van der Waals surface area (Å²) in [5, 5.41) is 3.08. The number of nitrogens with one attached hydrogen (secondary N) is 1. The minimum absolute atomic E-state index is 0.00342. The molecule has 1 fully saturated rings. The van der Waals surface area contributed by atoms with E-state index >= 15 is 0 Å². The Labute approximate surface area is 178 Å². The quantitative estimate of drug-likeness (QED) is 0.625. The van der Waals surface area contributed by atoms with Gasteiger partial charge in [0.2, 0.25) is 0 Å². The van der Waals surface area contributed by atoms with Crippen LogP contribution in [0.1, 0.15) is 59.6 Å². The van der Waals surface area contributed by atoms with Gasteiger partial charge in [0.05, 0.1) is 17.4 Å². The number of carbonyl (C=O) groups excluding carboxylic acids is 1. The van der Waals surface area contributed by atoms with E-state index in [1.165, 1.54) is 36.8 Å². The van der Waals surface area contributed by atoms with Crippen molar-refractivity contribution in [3.8, 4) is 0 Å². The third kappa shape index (κ3) is 3.99. The molecule has 3 aromatic rings. The lowest BCUT2D eigenvalue weighted by molar-refractivity contribution is 0.0951. The zero-order chi connectivity index (χ0) is 20.3. The summed E-state index contributed by atoms with van der Waals surface area (Å²) in [7, 11) is 0. The molecular weight excluding hydrogens is 372 g/mol. The number of aromatic nitrogens is 2. The molecule has 0 unspecified atom stereocenters. The Hall–Kier alpha value is -2.66. The minimum Gasteiger partial charge on any atom is -0.352 e. The molecular formula is C25H30N4O. The number of carbonyl (C=O) groups is 1. The number of hydrogen-bond acceptors (Lipinski definition) is 3. The van der Waals surface area contributed by atoms with Crippen molar-refractivity contribution in [1.29, 1.82) is 0 Å². The lowest BCUT2D eigenvalue weighted by Gasteiger charge is -2.28. The molecule has 1 N–H and O–H groups in total. The molecule has 1 aromatic heterocycles. The average molecular weight is 403 g/mol. The molecule has 0 saturated heterocycles. The second kappa shape index (κ2) is 8.60. The predicted octanol–water partition coefficient (Wildman–Crippen LogP) is 4.33. The van der Waals surface area contributed by atoms with Crippen LogP contribution in [0.15, 0.2) is 48.8 Å². The van der Waals surface area contributed by atoms with Crippen molar-refractivity contribution in [2.75, 3.05) is 19.6 Å². The van der Waals surface area contributed by atoms with Crippen molar-refractivity contribution in [1.82, 2.24) is 19.8 Å². The van der Waals surface area contributed by atoms with Crippen molar-refractivity contribution < 1.29 is 4.79 Å². The predicted molar refractivity (Wildman–Crippen MR) is 120 cm³/mol. The Kier molecular flexibility index (Phi) is 5.54. The smallest absolute Gasteiger partial charge is 0.251 e. The summed E-state index contributed by atoms with van der Waals surface area (Å²) in [5.74, 6) is -0.00342. The van der Waals surface area contributed by atoms with Crippen LogP contribution in [0, 0.1) is 0 Å². The normalized spacial score (nSPS) is 17.3. The molecule has 5 nitrogen and oxygen atoms in total. The topological polar surface area (TPSA) is 50.2 Å². The summed E-state index contributed by atoms with van der Waals surface area (Å²) >= 11 is 0. The average Bonchev–Trinajstić information content (AvgIpc) is 3.45. The molecule has 0 spiro atoms. The minimum atomic E-state index is -0.00342. The second-order valence-corrected chi connectivity index (χ2v) is 8.70. The summed E-state index contributed by atoms with van der Waals surface area (Å²) in [6, 6.07) is 15.2. The van der Waals surface area contributed by atoms with E-state index in [-0.39, 0.29) is 5.91 Å². The fourth-order valence-corrected chi connectivity index (χ4v) is 5.00. The van der Waals surface area contributed by atoms with Gasteiger partial charge in [-0.3, -0.25) is 9.69 Å². The summed E-state index contributed by atoms with van der Waals surface area (Å²) in [4.78, 5) is 19.6. The number of nitrogens with zero attached hydrogens (tertiary/aromatic N) is 3. The van der Waals surface area contributed by atoms with Crippen LogP contribution in [0.2, 0.25) is 0 Å². The Morgan fingerprint density at radius 3 is 2.80 bits per heavy atom. The van der Waals surface area contributed by atoms with Crippen molar-refractivity contribution in [2.45, 2.75) is 51.1 Å². The van der Waals surface area contributed by atoms with E-state index in [9.17, 15) is 4.79 Å². The molecule has 30 heavy (non-hydrogen) atoms. The number of benzene rings is 2. The van der Waals surface area contributed by atoms with Crippen molar-refractivity contribution >= 4 is 16.9 Å². The van der Waals surface area contributed by atoms with Crippen LogP contribution in [0.5, 0.6) is 0 Å². The van der Waals surface area contributed by atoms with E-state index in [4.69, 9.17) is 0 Å². The van der Waals surface area contributed by atoms with E-state index in [0.717, 1.165) is 43.5 Å². The van der Waals surface area contributed by atoms with Gasteiger partial charge in [-0.1, -0.05) is 37.1 Å². The van der Waals surface area contributed by atoms with Gasteiger partial charge in [-0.25, -0.2) is 4.98 Å². The second-order valence-electron chi connectivity index (χ2n) is 8.70. The molecule has 2 aliphatic rings. The van der Waals surface area contributed by atoms with E-state index in [2.05, 4.69) is 50.1 Å². The van der Waals surface area contributed by atoms with Crippen LogP contribution in [-0.2, 0) is 13.0 Å². The van der Waals surface area contributed by atoms with Crippen LogP contribution in [0.25, 0.3) is 11.0 Å². The Bertz CT molecular complexity index is 1030. The third-order valence-electron chi connectivity index (χ3n) is 6.70. The van der Waals surface area contributed by atoms with Gasteiger partial charge in [0.15, 0.2) is 0 Å². The maximum absolute atomic E-state index is 12.6. The highest BCUT2D eigenvalue weighted by Gasteiger charge is 2.19. The first-order valence-electron chi connectivity index (χ1n) is 11.3. The van der Waals surface area contributed by atoms with Gasteiger partial charge in [0, 0.05) is 37.8 Å². The molecule has 5 heteroatoms. The van der Waals surface area contributed by atoms with E-state index in [0.29, 0.717) is 18.2 Å². The number of amides is 1. The molecule has 0 radical (unpaired) electrons. The zero-order valence-electron chi connectivity index (χ0n) is 17.5. The molecule has 5 rings (SSSR count). The van der Waals surface area contributed by atoms with Gasteiger partial charge < -0.3 is 9.88 Å². The van der Waals surface area contributed by atoms with Gasteiger partial charge in [-0.15, -0.1) is 0 Å². The molecule has 2 heterocycles. The van der Waals surface area contributed by atoms with Crippen molar-refractivity contribution in [2.24, 2.45) is 0 Å². The van der Waals surface area contributed by atoms with Crippen LogP contribution >= 0.6 is 0 Å². The van der Waals surface area contributed by atoms with Crippen LogP contribution in [-0.4, -0.2) is 40.0 Å². The Morgan fingerprint density at radius 2 is 1.93 bits per heavy atom. The summed E-state index contributed by atoms with van der Waals surface area (Å²) in [6.07, 6.45) is 9.09.